The summed E-state index contributed by atoms with van der Waals surface area (Å²) >= 11 is 9.41. The summed E-state index contributed by atoms with van der Waals surface area (Å²) in [5, 5.41) is 32.0. The van der Waals surface area contributed by atoms with E-state index in [1.807, 2.05) is 0 Å². The number of ketones is 1. The molecule has 0 fully saturated rings. The van der Waals surface area contributed by atoms with Crippen molar-refractivity contribution >= 4 is 65.4 Å². The first-order valence-corrected chi connectivity index (χ1v) is 10.3. The van der Waals surface area contributed by atoms with Gasteiger partial charge in [-0.1, -0.05) is 47.8 Å². The van der Waals surface area contributed by atoms with Gasteiger partial charge in [-0.3, -0.25) is 24.2 Å². The Morgan fingerprint density at radius 1 is 0.963 bits per heavy atom. The zero-order chi connectivity index (χ0) is 21.7. The third kappa shape index (κ3) is 4.58. The van der Waals surface area contributed by atoms with Crippen LogP contribution in [0.15, 0.2) is 12.0 Å². The summed E-state index contributed by atoms with van der Waals surface area (Å²) in [5.74, 6) is -6.42. The van der Waals surface area contributed by atoms with Gasteiger partial charge in [-0.25, -0.2) is 0 Å². The summed E-state index contributed by atoms with van der Waals surface area (Å²) < 4.78 is -3.96. The number of hydrogen-bond acceptors (Lipinski definition) is 6. The fourth-order valence-corrected chi connectivity index (χ4v) is 3.00. The summed E-state index contributed by atoms with van der Waals surface area (Å²) in [6, 6.07) is 0. The summed E-state index contributed by atoms with van der Waals surface area (Å²) in [4.78, 5) is 39.9. The van der Waals surface area contributed by atoms with Crippen LogP contribution in [-0.4, -0.2) is 67.8 Å². The molecule has 2 amide bonds. The fourth-order valence-electron chi connectivity index (χ4n) is 2.35. The molecule has 0 radical (unpaired) electrons. The predicted octanol–water partition coefficient (Wildman–Crippen LogP) is 2.11. The molecule has 0 bridgehead atoms. The SMILES string of the molecule is CC(C)(Br)C(=O)N1C=C(O)C(O)N(C(=O)C(C)(C)Br)C1(O)C(=O)C(C)(C)Br. The normalized spacial score (nSPS) is 24.6. The molecule has 154 valence electrons. The van der Waals surface area contributed by atoms with Crippen LogP contribution in [0.5, 0.6) is 0 Å². The molecule has 1 rings (SSSR count). The number of aliphatic hydroxyl groups excluding tert-OH is 2. The van der Waals surface area contributed by atoms with Gasteiger partial charge < -0.3 is 15.3 Å². The largest absolute Gasteiger partial charge is 0.506 e. The molecule has 1 heterocycles. The number of halogens is 3. The van der Waals surface area contributed by atoms with Crippen LogP contribution in [0.2, 0.25) is 0 Å². The number of carbonyl (C=O) groups excluding carboxylic acids is 3. The number of hydrogen-bond donors (Lipinski definition) is 3. The first kappa shape index (κ1) is 24.5. The quantitative estimate of drug-likeness (QED) is 0.440. The lowest BCUT2D eigenvalue weighted by Gasteiger charge is -2.51. The molecule has 2 atom stereocenters. The predicted molar refractivity (Wildman–Crippen MR) is 109 cm³/mol. The number of nitrogens with zero attached hydrogens (tertiary/aromatic N) is 2. The van der Waals surface area contributed by atoms with Crippen LogP contribution in [0.4, 0.5) is 0 Å². The van der Waals surface area contributed by atoms with E-state index in [9.17, 15) is 29.7 Å². The lowest BCUT2D eigenvalue weighted by atomic mass is 9.96. The van der Waals surface area contributed by atoms with E-state index < -0.39 is 48.4 Å². The van der Waals surface area contributed by atoms with Crippen LogP contribution in [0, 0.1) is 0 Å². The molecule has 0 aromatic heterocycles. The van der Waals surface area contributed by atoms with Crippen molar-refractivity contribution in [3.63, 3.8) is 0 Å². The minimum absolute atomic E-state index is 0.388. The minimum Gasteiger partial charge on any atom is -0.506 e. The Hall–Kier alpha value is -0.490. The Kier molecular flexibility index (Phi) is 6.73. The highest BCUT2D eigenvalue weighted by molar-refractivity contribution is 9.10. The molecule has 0 aliphatic carbocycles. The van der Waals surface area contributed by atoms with Crippen molar-refractivity contribution in [3.05, 3.63) is 12.0 Å². The van der Waals surface area contributed by atoms with Crippen LogP contribution < -0.4 is 0 Å². The zero-order valence-corrected chi connectivity index (χ0v) is 20.5. The number of aliphatic hydroxyl groups is 3. The Morgan fingerprint density at radius 2 is 1.37 bits per heavy atom. The Morgan fingerprint density at radius 3 is 1.70 bits per heavy atom. The van der Waals surface area contributed by atoms with Gasteiger partial charge >= 0.3 is 0 Å². The van der Waals surface area contributed by atoms with Gasteiger partial charge in [0.05, 0.1) is 19.2 Å². The number of amides is 2. The van der Waals surface area contributed by atoms with Crippen molar-refractivity contribution in [1.82, 2.24) is 9.80 Å². The van der Waals surface area contributed by atoms with Crippen molar-refractivity contribution in [2.75, 3.05) is 0 Å². The smallest absolute Gasteiger partial charge is 0.293 e. The number of rotatable bonds is 4. The van der Waals surface area contributed by atoms with E-state index in [2.05, 4.69) is 47.8 Å². The molecule has 0 aromatic carbocycles. The van der Waals surface area contributed by atoms with E-state index in [-0.39, 0.29) is 0 Å². The summed E-state index contributed by atoms with van der Waals surface area (Å²) in [7, 11) is 0. The second kappa shape index (κ2) is 7.40. The van der Waals surface area contributed by atoms with Gasteiger partial charge in [0.25, 0.3) is 5.85 Å². The van der Waals surface area contributed by atoms with Gasteiger partial charge in [0.1, 0.15) is 0 Å². The topological polar surface area (TPSA) is 118 Å². The molecule has 0 spiro atoms. The van der Waals surface area contributed by atoms with E-state index in [0.29, 0.717) is 9.80 Å². The lowest BCUT2D eigenvalue weighted by molar-refractivity contribution is -0.239. The van der Waals surface area contributed by atoms with E-state index in [0.717, 1.165) is 6.20 Å². The van der Waals surface area contributed by atoms with E-state index in [1.165, 1.54) is 41.5 Å². The molecule has 27 heavy (non-hydrogen) atoms. The van der Waals surface area contributed by atoms with Crippen LogP contribution in [0.25, 0.3) is 0 Å². The molecular weight excluding hydrogens is 556 g/mol. The van der Waals surface area contributed by atoms with Gasteiger partial charge in [-0.2, -0.15) is 0 Å². The summed E-state index contributed by atoms with van der Waals surface area (Å²) in [6.45, 7) is 8.64. The highest BCUT2D eigenvalue weighted by atomic mass is 79.9. The zero-order valence-electron chi connectivity index (χ0n) is 15.7. The molecule has 8 nitrogen and oxygen atoms in total. The number of alkyl halides is 3. The van der Waals surface area contributed by atoms with Crippen LogP contribution in [0.3, 0.4) is 0 Å². The van der Waals surface area contributed by atoms with Crippen LogP contribution >= 0.6 is 47.8 Å². The third-order valence-corrected chi connectivity index (χ3v) is 4.78. The van der Waals surface area contributed by atoms with Crippen LogP contribution in [-0.2, 0) is 14.4 Å². The molecule has 11 heteroatoms. The molecule has 1 aliphatic rings. The second-order valence-corrected chi connectivity index (χ2v) is 13.6. The van der Waals surface area contributed by atoms with Gasteiger partial charge in [0, 0.05) is 0 Å². The van der Waals surface area contributed by atoms with E-state index in [1.54, 1.807) is 0 Å². The molecule has 0 saturated heterocycles. The maximum absolute atomic E-state index is 13.1. The van der Waals surface area contributed by atoms with E-state index in [4.69, 9.17) is 0 Å². The molecule has 0 aromatic rings. The average Bonchev–Trinajstić information content (AvgIpc) is 2.46. The maximum atomic E-state index is 13.1. The van der Waals surface area contributed by atoms with Gasteiger partial charge in [0.15, 0.2) is 12.0 Å². The maximum Gasteiger partial charge on any atom is 0.293 e. The number of Topliss-reactive ketones (excluding diaryl/α,β-unsaturated/α-hetero) is 1. The molecule has 0 saturated carbocycles. The van der Waals surface area contributed by atoms with Crippen molar-refractivity contribution in [2.45, 2.75) is 66.6 Å². The monoisotopic (exact) mass is 576 g/mol. The van der Waals surface area contributed by atoms with Gasteiger partial charge in [-0.05, 0) is 41.5 Å². The van der Waals surface area contributed by atoms with Crippen LogP contribution in [0.1, 0.15) is 41.5 Å². The first-order chi connectivity index (χ1) is 11.8. The summed E-state index contributed by atoms with van der Waals surface area (Å²) in [6.07, 6.45) is -1.29. The van der Waals surface area contributed by atoms with Gasteiger partial charge in [-0.15, -0.1) is 0 Å². The highest BCUT2D eigenvalue weighted by Gasteiger charge is 2.62. The summed E-state index contributed by atoms with van der Waals surface area (Å²) in [5.41, 5.74) is 0. The average molecular weight is 579 g/mol. The molecule has 3 N–H and O–H groups in total. The van der Waals surface area contributed by atoms with Crippen molar-refractivity contribution in [1.29, 1.82) is 0 Å². The van der Waals surface area contributed by atoms with Gasteiger partial charge in [0.2, 0.25) is 17.6 Å². The number of carbonyl (C=O) groups is 3. The molecular formula is C16H23Br3N2O6. The second-order valence-electron chi connectivity index (χ2n) is 7.66. The Balaban J connectivity index is 3.85. The molecule has 1 aliphatic heterocycles. The fraction of sp³-hybridized carbons (Fsp3) is 0.688. The highest BCUT2D eigenvalue weighted by Crippen LogP contribution is 2.39. The first-order valence-electron chi connectivity index (χ1n) is 7.87. The minimum atomic E-state index is -2.90. The van der Waals surface area contributed by atoms with Crippen molar-refractivity contribution in [3.8, 4) is 0 Å². The van der Waals surface area contributed by atoms with E-state index >= 15 is 0 Å². The van der Waals surface area contributed by atoms with Crippen molar-refractivity contribution < 1.29 is 29.7 Å². The third-order valence-electron chi connectivity index (χ3n) is 3.74. The lowest BCUT2D eigenvalue weighted by Crippen LogP contribution is -2.76. The van der Waals surface area contributed by atoms with Crippen molar-refractivity contribution in [2.24, 2.45) is 0 Å². The Labute approximate surface area is 183 Å². The standard InChI is InChI=1S/C16H23Br3N2O6/c1-13(2,17)10(24)16(27)20(11(25)14(3,4)18)7-8(22)9(23)21(16)12(26)15(5,6)19/h7,9,22-23,27H,1-6H3. The molecule has 2 unspecified atom stereocenters. The Bertz CT molecular complexity index is 690.